The first-order valence-corrected chi connectivity index (χ1v) is 11.8. The molecule has 33 heavy (non-hydrogen) atoms. The highest BCUT2D eigenvalue weighted by Gasteiger charge is 2.27. The molecule has 2 heterocycles. The summed E-state index contributed by atoms with van der Waals surface area (Å²) in [6.45, 7) is 7.11. The van der Waals surface area contributed by atoms with E-state index in [1.807, 2.05) is 18.4 Å². The number of fused-ring (bicyclic) bond motifs is 2. The Bertz CT molecular complexity index is 1170. The summed E-state index contributed by atoms with van der Waals surface area (Å²) >= 11 is 0. The van der Waals surface area contributed by atoms with Gasteiger partial charge in [-0.3, -0.25) is 9.89 Å². The van der Waals surface area contributed by atoms with Gasteiger partial charge in [0.1, 0.15) is 5.82 Å². The van der Waals surface area contributed by atoms with Crippen molar-refractivity contribution in [3.8, 4) is 0 Å². The molecule has 168 valence electrons. The highest BCUT2D eigenvalue weighted by atomic mass is 15.2. The molecule has 1 aromatic heterocycles. The van der Waals surface area contributed by atoms with Gasteiger partial charge in [-0.1, -0.05) is 54.6 Å². The van der Waals surface area contributed by atoms with Crippen LogP contribution >= 0.6 is 0 Å². The average Bonchev–Trinajstić information content (AvgIpc) is 3.27. The lowest BCUT2D eigenvalue weighted by Crippen LogP contribution is -2.37. The molecule has 0 bridgehead atoms. The van der Waals surface area contributed by atoms with Crippen LogP contribution in [0.15, 0.2) is 90.0 Å². The number of aromatic amines is 1. The van der Waals surface area contributed by atoms with E-state index in [0.29, 0.717) is 12.1 Å². The molecule has 0 fully saturated rings. The molecular formula is C28H31N5. The van der Waals surface area contributed by atoms with Crippen molar-refractivity contribution in [2.45, 2.75) is 44.6 Å². The zero-order valence-corrected chi connectivity index (χ0v) is 19.0. The molecular weight excluding hydrogens is 406 g/mol. The number of para-hydroxylation sites is 2. The van der Waals surface area contributed by atoms with E-state index in [4.69, 9.17) is 4.98 Å². The van der Waals surface area contributed by atoms with Gasteiger partial charge in [-0.15, -0.1) is 6.58 Å². The van der Waals surface area contributed by atoms with E-state index in [9.17, 15) is 0 Å². The largest absolute Gasteiger partial charge is 0.341 e. The van der Waals surface area contributed by atoms with Crippen LogP contribution in [0.25, 0.3) is 11.0 Å². The predicted molar refractivity (Wildman–Crippen MR) is 136 cm³/mol. The van der Waals surface area contributed by atoms with Crippen LogP contribution < -0.4 is 5.32 Å². The Hall–Kier alpha value is -3.28. The minimum absolute atomic E-state index is 0.315. The third-order valence-corrected chi connectivity index (χ3v) is 6.50. The normalized spacial score (nSPS) is 19.6. The van der Waals surface area contributed by atoms with E-state index in [1.54, 1.807) is 0 Å². The smallest absolute Gasteiger partial charge is 0.121 e. The molecule has 0 saturated carbocycles. The Balaban J connectivity index is 1.43. The highest BCUT2D eigenvalue weighted by Crippen LogP contribution is 2.29. The molecule has 0 spiro atoms. The van der Waals surface area contributed by atoms with Crippen molar-refractivity contribution in [3.05, 3.63) is 102 Å². The van der Waals surface area contributed by atoms with E-state index in [2.05, 4.69) is 87.5 Å². The quantitative estimate of drug-likeness (QED) is 0.368. The summed E-state index contributed by atoms with van der Waals surface area (Å²) in [5, 5.41) is 3.46. The number of aliphatic imine (C=N–C) groups is 1. The fourth-order valence-electron chi connectivity index (χ4n) is 4.81. The van der Waals surface area contributed by atoms with E-state index in [0.717, 1.165) is 55.9 Å². The van der Waals surface area contributed by atoms with E-state index in [-0.39, 0.29) is 0 Å². The van der Waals surface area contributed by atoms with Crippen molar-refractivity contribution in [2.24, 2.45) is 4.99 Å². The van der Waals surface area contributed by atoms with Crippen LogP contribution in [0.3, 0.4) is 0 Å². The van der Waals surface area contributed by atoms with Crippen molar-refractivity contribution in [2.75, 3.05) is 6.54 Å². The summed E-state index contributed by atoms with van der Waals surface area (Å²) in [4.78, 5) is 15.6. The third-order valence-electron chi connectivity index (χ3n) is 6.50. The first kappa shape index (κ1) is 21.6. The van der Waals surface area contributed by atoms with Gasteiger partial charge >= 0.3 is 0 Å². The van der Waals surface area contributed by atoms with Crippen LogP contribution in [0.4, 0.5) is 0 Å². The Morgan fingerprint density at radius 1 is 1.06 bits per heavy atom. The van der Waals surface area contributed by atoms with Gasteiger partial charge in [0.05, 0.1) is 23.6 Å². The lowest BCUT2D eigenvalue weighted by molar-refractivity contribution is 0.188. The summed E-state index contributed by atoms with van der Waals surface area (Å²) in [5.41, 5.74) is 6.13. The second-order valence-corrected chi connectivity index (χ2v) is 8.78. The molecule has 2 aromatic carbocycles. The fourth-order valence-corrected chi connectivity index (χ4v) is 4.81. The lowest BCUT2D eigenvalue weighted by Gasteiger charge is -2.35. The number of hydrogen-bond acceptors (Lipinski definition) is 4. The van der Waals surface area contributed by atoms with Gasteiger partial charge in [-0.2, -0.15) is 0 Å². The van der Waals surface area contributed by atoms with Crippen molar-refractivity contribution >= 4 is 17.2 Å². The number of allylic oxidation sites excluding steroid dienone is 1. The number of nitrogens with zero attached hydrogens (tertiary/aromatic N) is 3. The van der Waals surface area contributed by atoms with Gasteiger partial charge < -0.3 is 10.3 Å². The summed E-state index contributed by atoms with van der Waals surface area (Å²) in [5.74, 6) is 1.01. The van der Waals surface area contributed by atoms with Crippen molar-refractivity contribution in [3.63, 3.8) is 0 Å². The molecule has 0 radical (unpaired) electrons. The average molecular weight is 438 g/mol. The molecule has 2 N–H and O–H groups in total. The standard InChI is InChI=1S/C28H31N5/c1-2-15-29-18-22-8-3-4-9-23(22)19-33(20-28-31-26-11-5-6-12-27(26)32-28)24-13-14-25-21(17-24)10-7-16-30-25/h2-12,16-17,24-25,29H,1,13-15,18-20H2,(H,31,32). The molecule has 5 nitrogen and oxygen atoms in total. The molecule has 3 aromatic rings. The molecule has 1 aliphatic heterocycles. The summed E-state index contributed by atoms with van der Waals surface area (Å²) in [6, 6.07) is 17.6. The fraction of sp³-hybridized carbons (Fsp3) is 0.286. The van der Waals surface area contributed by atoms with Gasteiger partial charge in [0.15, 0.2) is 0 Å². The summed E-state index contributed by atoms with van der Waals surface area (Å²) in [6.07, 6.45) is 12.7. The lowest BCUT2D eigenvalue weighted by atomic mass is 9.89. The molecule has 5 heteroatoms. The van der Waals surface area contributed by atoms with E-state index >= 15 is 0 Å². The van der Waals surface area contributed by atoms with Crippen LogP contribution in [-0.2, 0) is 19.6 Å². The van der Waals surface area contributed by atoms with Crippen LogP contribution in [0, 0.1) is 0 Å². The van der Waals surface area contributed by atoms with Gasteiger partial charge in [-0.25, -0.2) is 4.98 Å². The van der Waals surface area contributed by atoms with Crippen LogP contribution in [0.5, 0.6) is 0 Å². The molecule has 0 saturated heterocycles. The maximum Gasteiger partial charge on any atom is 0.121 e. The van der Waals surface area contributed by atoms with Crippen molar-refractivity contribution in [1.82, 2.24) is 20.2 Å². The Labute approximate surface area is 195 Å². The number of H-pyrrole nitrogens is 1. The van der Waals surface area contributed by atoms with Gasteiger partial charge in [0.2, 0.25) is 0 Å². The number of hydrogen-bond donors (Lipinski definition) is 2. The van der Waals surface area contributed by atoms with Gasteiger partial charge in [0.25, 0.3) is 0 Å². The molecule has 0 amide bonds. The van der Waals surface area contributed by atoms with Gasteiger partial charge in [0, 0.05) is 31.9 Å². The maximum atomic E-state index is 4.87. The molecule has 5 rings (SSSR count). The highest BCUT2D eigenvalue weighted by molar-refractivity contribution is 5.75. The summed E-state index contributed by atoms with van der Waals surface area (Å²) in [7, 11) is 0. The van der Waals surface area contributed by atoms with Crippen molar-refractivity contribution in [1.29, 1.82) is 0 Å². The number of imidazole rings is 1. The zero-order valence-electron chi connectivity index (χ0n) is 19.0. The second-order valence-electron chi connectivity index (χ2n) is 8.78. The Morgan fingerprint density at radius 2 is 1.91 bits per heavy atom. The monoisotopic (exact) mass is 437 g/mol. The van der Waals surface area contributed by atoms with E-state index < -0.39 is 0 Å². The maximum absolute atomic E-state index is 4.87. The Morgan fingerprint density at radius 3 is 2.79 bits per heavy atom. The van der Waals surface area contributed by atoms with Crippen LogP contribution in [-0.4, -0.2) is 39.7 Å². The minimum atomic E-state index is 0.315. The zero-order chi connectivity index (χ0) is 22.5. The van der Waals surface area contributed by atoms with Crippen LogP contribution in [0.1, 0.15) is 29.8 Å². The number of nitrogens with one attached hydrogen (secondary N) is 2. The number of rotatable bonds is 9. The minimum Gasteiger partial charge on any atom is -0.341 e. The third kappa shape index (κ3) is 5.05. The molecule has 2 unspecified atom stereocenters. The SMILES string of the molecule is C=CCNCc1ccccc1CN(Cc1nc2ccccc2[nH]1)C1C=C2C=CC=NC2CC1. The first-order chi connectivity index (χ1) is 16.3. The molecule has 2 atom stereocenters. The molecule has 1 aliphatic carbocycles. The van der Waals surface area contributed by atoms with E-state index in [1.165, 1.54) is 16.7 Å². The second kappa shape index (κ2) is 10.1. The van der Waals surface area contributed by atoms with Crippen molar-refractivity contribution < 1.29 is 0 Å². The summed E-state index contributed by atoms with van der Waals surface area (Å²) < 4.78 is 0. The number of benzene rings is 2. The van der Waals surface area contributed by atoms with Gasteiger partial charge in [-0.05, 0) is 47.8 Å². The number of aromatic nitrogens is 2. The Kier molecular flexibility index (Phi) is 6.61. The topological polar surface area (TPSA) is 56.3 Å². The first-order valence-electron chi connectivity index (χ1n) is 11.8. The predicted octanol–water partition coefficient (Wildman–Crippen LogP) is 4.94. The molecule has 2 aliphatic rings. The van der Waals surface area contributed by atoms with Crippen LogP contribution in [0.2, 0.25) is 0 Å². The number of dihydropyridines is 1.